The average Bonchev–Trinajstić information content (AvgIpc) is 2.74. The van der Waals surface area contributed by atoms with E-state index < -0.39 is 6.04 Å². The lowest BCUT2D eigenvalue weighted by Gasteiger charge is -2.37. The first kappa shape index (κ1) is 13.3. The molecular formula is C12H21N3O3. The molecule has 0 aliphatic carbocycles. The summed E-state index contributed by atoms with van der Waals surface area (Å²) in [6, 6.07) is -0.666. The summed E-state index contributed by atoms with van der Waals surface area (Å²) in [5.41, 5.74) is 0. The van der Waals surface area contributed by atoms with Gasteiger partial charge in [0.05, 0.1) is 12.6 Å². The van der Waals surface area contributed by atoms with Gasteiger partial charge in [-0.05, 0) is 33.7 Å². The van der Waals surface area contributed by atoms with Gasteiger partial charge in [-0.2, -0.15) is 0 Å². The van der Waals surface area contributed by atoms with Crippen LogP contribution >= 0.6 is 0 Å². The van der Waals surface area contributed by atoms with Crippen molar-refractivity contribution in [2.75, 3.05) is 13.7 Å². The normalized spacial score (nSPS) is 33.2. The van der Waals surface area contributed by atoms with Crippen LogP contribution in [-0.2, 0) is 14.3 Å². The van der Waals surface area contributed by atoms with Crippen LogP contribution in [0.5, 0.6) is 0 Å². The second-order valence-corrected chi connectivity index (χ2v) is 5.03. The molecular weight excluding hydrogens is 234 g/mol. The van der Waals surface area contributed by atoms with Crippen molar-refractivity contribution >= 4 is 11.8 Å². The maximum Gasteiger partial charge on any atom is 0.249 e. The van der Waals surface area contributed by atoms with Gasteiger partial charge in [0.15, 0.2) is 0 Å². The summed E-state index contributed by atoms with van der Waals surface area (Å²) in [5, 5.41) is 5.58. The average molecular weight is 255 g/mol. The predicted octanol–water partition coefficient (Wildman–Crippen LogP) is -0.554. The summed E-state index contributed by atoms with van der Waals surface area (Å²) in [5.74, 6) is -0.197. The highest BCUT2D eigenvalue weighted by Gasteiger charge is 2.43. The Balaban J connectivity index is 1.99. The van der Waals surface area contributed by atoms with Crippen LogP contribution < -0.4 is 10.6 Å². The van der Waals surface area contributed by atoms with Gasteiger partial charge in [-0.15, -0.1) is 0 Å². The molecule has 1 unspecified atom stereocenters. The number of nitrogens with zero attached hydrogens (tertiary/aromatic N) is 1. The molecule has 4 atom stereocenters. The number of rotatable bonds is 3. The maximum absolute atomic E-state index is 12.3. The Kier molecular flexibility index (Phi) is 3.87. The SMILES string of the molecule is CN[C@@H](C)C(=O)N[C@H]1CO[C@H]2CCC(C)N2C1=O. The van der Waals surface area contributed by atoms with Crippen molar-refractivity contribution in [2.45, 2.75) is 51.0 Å². The summed E-state index contributed by atoms with van der Waals surface area (Å²) >= 11 is 0. The van der Waals surface area contributed by atoms with Gasteiger partial charge in [-0.25, -0.2) is 0 Å². The van der Waals surface area contributed by atoms with Crippen LogP contribution in [0.1, 0.15) is 26.7 Å². The van der Waals surface area contributed by atoms with Gasteiger partial charge in [-0.3, -0.25) is 9.59 Å². The van der Waals surface area contributed by atoms with E-state index in [9.17, 15) is 9.59 Å². The standard InChI is InChI=1S/C12H21N3O3/c1-7-4-5-10-15(7)12(17)9(6-18-10)14-11(16)8(2)13-3/h7-10,13H,4-6H2,1-3H3,(H,14,16)/t7?,8-,9-,10-/m0/s1. The summed E-state index contributed by atoms with van der Waals surface area (Å²) in [7, 11) is 1.71. The first-order valence-corrected chi connectivity index (χ1v) is 6.46. The molecule has 18 heavy (non-hydrogen) atoms. The number of carbonyl (C=O) groups is 2. The third kappa shape index (κ3) is 2.35. The maximum atomic E-state index is 12.3. The van der Waals surface area contributed by atoms with Gasteiger partial charge in [0.25, 0.3) is 0 Å². The molecule has 0 aromatic rings. The molecule has 102 valence electrons. The minimum Gasteiger partial charge on any atom is -0.356 e. The Morgan fingerprint density at radius 2 is 2.22 bits per heavy atom. The fourth-order valence-electron chi connectivity index (χ4n) is 2.46. The van der Waals surface area contributed by atoms with Gasteiger partial charge >= 0.3 is 0 Å². The molecule has 6 nitrogen and oxygen atoms in total. The van der Waals surface area contributed by atoms with Crippen LogP contribution in [-0.4, -0.2) is 54.7 Å². The van der Waals surface area contributed by atoms with E-state index in [-0.39, 0.29) is 36.7 Å². The van der Waals surface area contributed by atoms with Gasteiger partial charge in [-0.1, -0.05) is 0 Å². The Bertz CT molecular complexity index is 347. The number of hydrogen-bond donors (Lipinski definition) is 2. The lowest BCUT2D eigenvalue weighted by Crippen LogP contribution is -2.60. The zero-order chi connectivity index (χ0) is 13.3. The number of hydrogen-bond acceptors (Lipinski definition) is 4. The van der Waals surface area contributed by atoms with Crippen molar-refractivity contribution in [3.05, 3.63) is 0 Å². The van der Waals surface area contributed by atoms with Crippen molar-refractivity contribution < 1.29 is 14.3 Å². The minimum absolute atomic E-state index is 0.0205. The Hall–Kier alpha value is -1.14. The van der Waals surface area contributed by atoms with E-state index in [0.29, 0.717) is 0 Å². The fraction of sp³-hybridized carbons (Fsp3) is 0.833. The van der Waals surface area contributed by atoms with Crippen molar-refractivity contribution in [2.24, 2.45) is 0 Å². The van der Waals surface area contributed by atoms with Crippen molar-refractivity contribution in [3.8, 4) is 0 Å². The molecule has 2 N–H and O–H groups in total. The van der Waals surface area contributed by atoms with Gasteiger partial charge in [0.2, 0.25) is 11.8 Å². The smallest absolute Gasteiger partial charge is 0.249 e. The molecule has 2 aliphatic rings. The number of ether oxygens (including phenoxy) is 1. The van der Waals surface area contributed by atoms with Crippen LogP contribution in [0.2, 0.25) is 0 Å². The summed E-state index contributed by atoms with van der Waals surface area (Å²) in [4.78, 5) is 25.8. The lowest BCUT2D eigenvalue weighted by atomic mass is 10.2. The van der Waals surface area contributed by atoms with E-state index in [2.05, 4.69) is 10.6 Å². The van der Waals surface area contributed by atoms with Crippen LogP contribution in [0.3, 0.4) is 0 Å². The Morgan fingerprint density at radius 1 is 1.50 bits per heavy atom. The molecule has 0 aromatic carbocycles. The largest absolute Gasteiger partial charge is 0.356 e. The number of nitrogens with one attached hydrogen (secondary N) is 2. The van der Waals surface area contributed by atoms with Gasteiger partial charge < -0.3 is 20.3 Å². The van der Waals surface area contributed by atoms with Crippen molar-refractivity contribution in [3.63, 3.8) is 0 Å². The molecule has 2 amide bonds. The quantitative estimate of drug-likeness (QED) is 0.709. The summed E-state index contributed by atoms with van der Waals surface area (Å²) in [6.45, 7) is 4.04. The number of carbonyl (C=O) groups excluding carboxylic acids is 2. The molecule has 0 bridgehead atoms. The molecule has 6 heteroatoms. The molecule has 0 aromatic heterocycles. The molecule has 2 heterocycles. The number of likely N-dealkylation sites (N-methyl/N-ethyl adjacent to an activating group) is 1. The van der Waals surface area contributed by atoms with Crippen LogP contribution in [0.4, 0.5) is 0 Å². The Morgan fingerprint density at radius 3 is 2.89 bits per heavy atom. The third-order valence-electron chi connectivity index (χ3n) is 3.77. The van der Waals surface area contributed by atoms with E-state index in [0.717, 1.165) is 12.8 Å². The van der Waals surface area contributed by atoms with Gasteiger partial charge in [0, 0.05) is 6.04 Å². The van der Waals surface area contributed by atoms with Crippen LogP contribution in [0.25, 0.3) is 0 Å². The summed E-state index contributed by atoms with van der Waals surface area (Å²) in [6.07, 6.45) is 1.76. The van der Waals surface area contributed by atoms with Crippen LogP contribution in [0, 0.1) is 0 Å². The highest BCUT2D eigenvalue weighted by molar-refractivity contribution is 5.90. The molecule has 2 aliphatic heterocycles. The van der Waals surface area contributed by atoms with E-state index >= 15 is 0 Å². The molecule has 2 fully saturated rings. The van der Waals surface area contributed by atoms with E-state index in [1.807, 2.05) is 6.92 Å². The highest BCUT2D eigenvalue weighted by atomic mass is 16.5. The molecule has 0 spiro atoms. The first-order valence-electron chi connectivity index (χ1n) is 6.46. The molecule has 2 saturated heterocycles. The molecule has 0 saturated carbocycles. The number of amides is 2. The second kappa shape index (κ2) is 5.24. The van der Waals surface area contributed by atoms with Crippen LogP contribution in [0.15, 0.2) is 0 Å². The highest BCUT2D eigenvalue weighted by Crippen LogP contribution is 2.28. The predicted molar refractivity (Wildman–Crippen MR) is 65.7 cm³/mol. The van der Waals surface area contributed by atoms with E-state index in [4.69, 9.17) is 4.74 Å². The minimum atomic E-state index is -0.551. The second-order valence-electron chi connectivity index (χ2n) is 5.03. The Labute approximate surface area is 107 Å². The van der Waals surface area contributed by atoms with E-state index in [1.165, 1.54) is 0 Å². The van der Waals surface area contributed by atoms with E-state index in [1.54, 1.807) is 18.9 Å². The molecule has 2 rings (SSSR count). The van der Waals surface area contributed by atoms with Crippen molar-refractivity contribution in [1.82, 2.24) is 15.5 Å². The number of fused-ring (bicyclic) bond motifs is 1. The van der Waals surface area contributed by atoms with Crippen molar-refractivity contribution in [1.29, 1.82) is 0 Å². The third-order valence-corrected chi connectivity index (χ3v) is 3.77. The zero-order valence-corrected chi connectivity index (χ0v) is 11.1. The zero-order valence-electron chi connectivity index (χ0n) is 11.1. The molecule has 0 radical (unpaired) electrons. The fourth-order valence-corrected chi connectivity index (χ4v) is 2.46. The van der Waals surface area contributed by atoms with Gasteiger partial charge in [0.1, 0.15) is 12.3 Å². The summed E-state index contributed by atoms with van der Waals surface area (Å²) < 4.78 is 5.64. The topological polar surface area (TPSA) is 70.7 Å². The first-order chi connectivity index (χ1) is 8.54. The lowest BCUT2D eigenvalue weighted by molar-refractivity contribution is -0.164. The monoisotopic (exact) mass is 255 g/mol.